The molecule has 3 N–H and O–H groups in total. The van der Waals surface area contributed by atoms with E-state index in [1.165, 1.54) is 19.1 Å². The second-order valence-corrected chi connectivity index (χ2v) is 10.8. The second-order valence-electron chi connectivity index (χ2n) is 9.06. The van der Waals surface area contributed by atoms with Gasteiger partial charge in [-0.2, -0.15) is 18.3 Å². The molecule has 17 heteroatoms. The summed E-state index contributed by atoms with van der Waals surface area (Å²) in [6, 6.07) is 6.74. The van der Waals surface area contributed by atoms with Gasteiger partial charge in [0.2, 0.25) is 0 Å². The van der Waals surface area contributed by atoms with Gasteiger partial charge < -0.3 is 23.8 Å². The molecule has 1 unspecified atom stereocenters. The highest BCUT2D eigenvalue weighted by Crippen LogP contribution is 2.46. The SMILES string of the molecule is C[C@@H]1N[P@@](=O)(Oc2ccccc2)OC[C@H]2O[C@@H](n3cc(C(F)(F)F)c(=O)[nH]c3=O)C[C@@H]2OC(O)CCCOC1=O. The predicted molar refractivity (Wildman–Crippen MR) is 129 cm³/mol. The van der Waals surface area contributed by atoms with Crippen molar-refractivity contribution in [3.05, 3.63) is 62.9 Å². The standard InChI is InChI=1S/C23H27F3N3O10P/c1-13-21(32)35-9-5-8-19(30)38-16-10-18(29-11-15(23(24,25)26)20(31)27-22(29)33)37-17(16)12-36-40(34,28-13)39-14-6-3-2-4-7-14/h2-4,6-7,11,13,16-19,30H,5,8-10,12H2,1H3,(H,28,34)(H,27,31,33)/t13-,16-,17+,18+,19?,40-/m0/s1. The molecular weight excluding hydrogens is 566 g/mol. The Kier molecular flexibility index (Phi) is 9.17. The van der Waals surface area contributed by atoms with Crippen molar-refractivity contribution >= 4 is 13.7 Å². The number of benzene rings is 1. The molecule has 0 saturated carbocycles. The van der Waals surface area contributed by atoms with Gasteiger partial charge in [-0.15, -0.1) is 0 Å². The van der Waals surface area contributed by atoms with Gasteiger partial charge in [0.15, 0.2) is 6.29 Å². The molecule has 0 aliphatic carbocycles. The first-order valence-electron chi connectivity index (χ1n) is 12.2. The number of nitrogens with zero attached hydrogens (tertiary/aromatic N) is 1. The molecule has 0 amide bonds. The molecule has 40 heavy (non-hydrogen) atoms. The van der Waals surface area contributed by atoms with E-state index in [-0.39, 0.29) is 31.6 Å². The monoisotopic (exact) mass is 593 g/mol. The molecule has 1 aromatic heterocycles. The van der Waals surface area contributed by atoms with Crippen LogP contribution in [-0.4, -0.2) is 58.4 Å². The van der Waals surface area contributed by atoms with Gasteiger partial charge >= 0.3 is 25.6 Å². The maximum absolute atomic E-state index is 13.7. The van der Waals surface area contributed by atoms with Crippen molar-refractivity contribution in [3.8, 4) is 5.75 Å². The zero-order valence-electron chi connectivity index (χ0n) is 21.0. The minimum atomic E-state index is -5.05. The van der Waals surface area contributed by atoms with E-state index < -0.39 is 74.1 Å². The molecule has 0 radical (unpaired) electrons. The van der Waals surface area contributed by atoms with Gasteiger partial charge in [-0.1, -0.05) is 18.2 Å². The molecule has 2 aromatic rings. The molecule has 6 atom stereocenters. The molecule has 2 saturated heterocycles. The van der Waals surface area contributed by atoms with Gasteiger partial charge in [0.25, 0.3) is 5.56 Å². The minimum Gasteiger partial charge on any atom is -0.465 e. The maximum Gasteiger partial charge on any atom is 0.459 e. The fourth-order valence-electron chi connectivity index (χ4n) is 4.06. The molecule has 2 aliphatic rings. The number of cyclic esters (lactones) is 1. The molecule has 0 spiro atoms. The molecular formula is C23H27F3N3O10P. The number of aliphatic hydroxyl groups is 1. The number of fused-ring (bicyclic) bond motifs is 1. The topological polar surface area (TPSA) is 167 Å². The first-order chi connectivity index (χ1) is 18.8. The molecule has 4 rings (SSSR count). The number of H-pyrrole nitrogens is 1. The van der Waals surface area contributed by atoms with E-state index in [2.05, 4.69) is 5.09 Å². The van der Waals surface area contributed by atoms with Gasteiger partial charge in [0, 0.05) is 19.0 Å². The molecule has 1 aromatic carbocycles. The minimum absolute atomic E-state index is 0.0241. The second kappa shape index (κ2) is 12.2. The van der Waals surface area contributed by atoms with Crippen LogP contribution in [0.5, 0.6) is 5.75 Å². The number of aliphatic hydroxyl groups excluding tert-OH is 1. The van der Waals surface area contributed by atoms with E-state index in [9.17, 15) is 37.2 Å². The fourth-order valence-corrected chi connectivity index (χ4v) is 5.56. The van der Waals surface area contributed by atoms with Gasteiger partial charge in [0.1, 0.15) is 29.7 Å². The number of carbonyl (C=O) groups is 1. The number of aromatic amines is 1. The van der Waals surface area contributed by atoms with E-state index in [4.69, 9.17) is 23.3 Å². The van der Waals surface area contributed by atoms with Gasteiger partial charge in [-0.3, -0.25) is 23.7 Å². The number of carbonyl (C=O) groups excluding carboxylic acids is 1. The number of hydrogen-bond acceptors (Lipinski definition) is 10. The third-order valence-corrected chi connectivity index (χ3v) is 7.66. The van der Waals surface area contributed by atoms with E-state index in [0.29, 0.717) is 10.8 Å². The van der Waals surface area contributed by atoms with Crippen LogP contribution in [0.3, 0.4) is 0 Å². The average Bonchev–Trinajstić information content (AvgIpc) is 3.26. The van der Waals surface area contributed by atoms with Crippen LogP contribution in [0.1, 0.15) is 38.0 Å². The summed E-state index contributed by atoms with van der Waals surface area (Å²) in [5.41, 5.74) is -4.40. The number of ether oxygens (including phenoxy) is 3. The first-order valence-corrected chi connectivity index (χ1v) is 13.7. The molecule has 2 fully saturated rings. The summed E-state index contributed by atoms with van der Waals surface area (Å²) in [6.45, 7) is 0.718. The number of halogens is 3. The van der Waals surface area contributed by atoms with Crippen molar-refractivity contribution in [1.29, 1.82) is 0 Å². The van der Waals surface area contributed by atoms with Crippen LogP contribution in [-0.2, 0) is 34.3 Å². The van der Waals surface area contributed by atoms with Crippen molar-refractivity contribution in [3.63, 3.8) is 0 Å². The predicted octanol–water partition coefficient (Wildman–Crippen LogP) is 2.07. The van der Waals surface area contributed by atoms with E-state index in [1.807, 2.05) is 0 Å². The van der Waals surface area contributed by atoms with E-state index in [0.717, 1.165) is 0 Å². The highest BCUT2D eigenvalue weighted by molar-refractivity contribution is 7.52. The Hall–Kier alpha value is -3.01. The Bertz CT molecular complexity index is 1350. The van der Waals surface area contributed by atoms with Crippen molar-refractivity contribution in [2.24, 2.45) is 0 Å². The molecule has 2 aliphatic heterocycles. The molecule has 0 bridgehead atoms. The Morgan fingerprint density at radius 3 is 2.55 bits per heavy atom. The number of aromatic nitrogens is 2. The van der Waals surface area contributed by atoms with Crippen LogP contribution in [0.15, 0.2) is 46.1 Å². The van der Waals surface area contributed by atoms with Crippen molar-refractivity contribution in [2.45, 2.75) is 63.1 Å². The molecule has 3 heterocycles. The summed E-state index contributed by atoms with van der Waals surface area (Å²) >= 11 is 0. The van der Waals surface area contributed by atoms with Crippen LogP contribution in [0, 0.1) is 0 Å². The van der Waals surface area contributed by atoms with Crippen LogP contribution < -0.4 is 20.9 Å². The molecule has 220 valence electrons. The van der Waals surface area contributed by atoms with Crippen molar-refractivity contribution < 1.29 is 50.9 Å². The lowest BCUT2D eigenvalue weighted by Gasteiger charge is -2.27. The summed E-state index contributed by atoms with van der Waals surface area (Å²) < 4.78 is 81.8. The summed E-state index contributed by atoms with van der Waals surface area (Å²) in [4.78, 5) is 38.1. The Balaban J connectivity index is 1.63. The summed E-state index contributed by atoms with van der Waals surface area (Å²) in [5.74, 6) is -0.631. The smallest absolute Gasteiger partial charge is 0.459 e. The average molecular weight is 593 g/mol. The zero-order chi connectivity index (χ0) is 29.1. The molecule has 13 nitrogen and oxygen atoms in total. The van der Waals surface area contributed by atoms with Gasteiger partial charge in [0.05, 0.1) is 19.3 Å². The lowest BCUT2D eigenvalue weighted by atomic mass is 10.2. The first kappa shape index (κ1) is 30.0. The Labute approximate surface area is 224 Å². The maximum atomic E-state index is 13.7. The quantitative estimate of drug-likeness (QED) is 0.352. The van der Waals surface area contributed by atoms with Crippen molar-refractivity contribution in [2.75, 3.05) is 13.2 Å². The number of para-hydroxylation sites is 1. The third-order valence-electron chi connectivity index (χ3n) is 6.02. The van der Waals surface area contributed by atoms with Crippen molar-refractivity contribution in [1.82, 2.24) is 14.6 Å². The lowest BCUT2D eigenvalue weighted by Crippen LogP contribution is -2.38. The number of alkyl halides is 3. The third kappa shape index (κ3) is 7.38. The summed E-state index contributed by atoms with van der Waals surface area (Å²) in [7, 11) is -4.32. The van der Waals surface area contributed by atoms with Gasteiger partial charge in [-0.25, -0.2) is 9.36 Å². The number of nitrogens with one attached hydrogen (secondary N) is 2. The zero-order valence-corrected chi connectivity index (χ0v) is 21.9. The lowest BCUT2D eigenvalue weighted by molar-refractivity contribution is -0.162. The van der Waals surface area contributed by atoms with E-state index in [1.54, 1.807) is 23.2 Å². The summed E-state index contributed by atoms with van der Waals surface area (Å²) in [5, 5.41) is 12.9. The van der Waals surface area contributed by atoms with Crippen LogP contribution in [0.2, 0.25) is 0 Å². The number of rotatable bonds is 3. The highest BCUT2D eigenvalue weighted by atomic mass is 31.2. The van der Waals surface area contributed by atoms with Crippen LogP contribution in [0.25, 0.3) is 0 Å². The number of hydrogen-bond donors (Lipinski definition) is 3. The fraction of sp³-hybridized carbons (Fsp3) is 0.522. The summed E-state index contributed by atoms with van der Waals surface area (Å²) in [6.07, 6.45) is -9.76. The Morgan fingerprint density at radius 1 is 1.12 bits per heavy atom. The van der Waals surface area contributed by atoms with Gasteiger partial charge in [-0.05, 0) is 25.5 Å². The van der Waals surface area contributed by atoms with E-state index >= 15 is 0 Å². The van der Waals surface area contributed by atoms with Crippen LogP contribution in [0.4, 0.5) is 13.2 Å². The van der Waals surface area contributed by atoms with Crippen LogP contribution >= 0.6 is 7.75 Å². The normalized spacial score (nSPS) is 30.6. The Morgan fingerprint density at radius 2 is 1.85 bits per heavy atom. The number of esters is 1. The largest absolute Gasteiger partial charge is 0.465 e. The highest BCUT2D eigenvalue weighted by Gasteiger charge is 2.43.